The molecule has 4 aromatic rings. The van der Waals surface area contributed by atoms with E-state index >= 15 is 0 Å². The zero-order valence-electron chi connectivity index (χ0n) is 14.7. The van der Waals surface area contributed by atoms with Crippen LogP contribution in [0.5, 0.6) is 0 Å². The summed E-state index contributed by atoms with van der Waals surface area (Å²) in [6.07, 6.45) is 0. The largest absolute Gasteiger partial charge is 0.451 e. The highest BCUT2D eigenvalue weighted by Crippen LogP contribution is 2.27. The summed E-state index contributed by atoms with van der Waals surface area (Å²) in [6.45, 7) is 1.85. The van der Waals surface area contributed by atoms with Gasteiger partial charge in [-0.1, -0.05) is 46.3 Å². The van der Waals surface area contributed by atoms with Gasteiger partial charge in [0.05, 0.1) is 5.69 Å². The van der Waals surface area contributed by atoms with Gasteiger partial charge in [-0.2, -0.15) is 0 Å². The number of aryl methyl sites for hydroxylation is 1. The zero-order chi connectivity index (χ0) is 19.7. The van der Waals surface area contributed by atoms with Crippen molar-refractivity contribution in [3.05, 3.63) is 69.7 Å². The van der Waals surface area contributed by atoms with Crippen LogP contribution in [-0.2, 0) is 0 Å². The van der Waals surface area contributed by atoms with Gasteiger partial charge in [-0.15, -0.1) is 11.3 Å². The number of nitrogens with zero attached hydrogens (tertiary/aromatic N) is 1. The first kappa shape index (κ1) is 18.8. The highest BCUT2D eigenvalue weighted by molar-refractivity contribution is 9.10. The molecule has 0 unspecified atom stereocenters. The van der Waals surface area contributed by atoms with E-state index in [9.17, 15) is 4.79 Å². The van der Waals surface area contributed by atoms with Crippen molar-refractivity contribution in [2.75, 3.05) is 5.32 Å². The lowest BCUT2D eigenvalue weighted by Crippen LogP contribution is -2.34. The Labute approximate surface area is 178 Å². The SMILES string of the molecule is Cc1c(C(=O)NC(=S)Nc2nc(-c3ccc(Br)cc3)cs2)oc2ccccc12. The summed E-state index contributed by atoms with van der Waals surface area (Å²) in [5.74, 6) is -0.143. The van der Waals surface area contributed by atoms with Crippen LogP contribution < -0.4 is 10.6 Å². The predicted molar refractivity (Wildman–Crippen MR) is 120 cm³/mol. The Morgan fingerprint density at radius 1 is 1.18 bits per heavy atom. The Kier molecular flexibility index (Phi) is 5.25. The fourth-order valence-electron chi connectivity index (χ4n) is 2.76. The van der Waals surface area contributed by atoms with Gasteiger partial charge in [0.15, 0.2) is 16.0 Å². The standard InChI is InChI=1S/C20H14BrN3O2S2/c1-11-14-4-2-3-5-16(14)26-17(11)18(25)23-19(27)24-20-22-15(10-28-20)12-6-8-13(21)9-7-12/h2-10H,1H3,(H2,22,23,24,25,27). The molecule has 2 aromatic heterocycles. The average Bonchev–Trinajstić information content (AvgIpc) is 3.27. The number of hydrogen-bond acceptors (Lipinski definition) is 5. The van der Waals surface area contributed by atoms with Gasteiger partial charge in [-0.05, 0) is 37.3 Å². The first-order valence-electron chi connectivity index (χ1n) is 8.33. The third-order valence-corrected chi connectivity index (χ3v) is 5.63. The number of aromatic nitrogens is 1. The Bertz CT molecular complexity index is 1180. The number of carbonyl (C=O) groups excluding carboxylic acids is 1. The van der Waals surface area contributed by atoms with Gasteiger partial charge in [-0.25, -0.2) is 4.98 Å². The van der Waals surface area contributed by atoms with Crippen LogP contribution in [-0.4, -0.2) is 16.0 Å². The number of halogens is 1. The number of carbonyl (C=O) groups is 1. The number of rotatable bonds is 3. The maximum atomic E-state index is 12.5. The second kappa shape index (κ2) is 7.83. The molecule has 0 bridgehead atoms. The summed E-state index contributed by atoms with van der Waals surface area (Å²) >= 11 is 10.1. The summed E-state index contributed by atoms with van der Waals surface area (Å²) in [5.41, 5.74) is 3.29. The van der Waals surface area contributed by atoms with Gasteiger partial charge in [0.2, 0.25) is 0 Å². The molecule has 0 aliphatic rings. The van der Waals surface area contributed by atoms with Crippen LogP contribution in [0.4, 0.5) is 5.13 Å². The van der Waals surface area contributed by atoms with Crippen LogP contribution in [0.2, 0.25) is 0 Å². The van der Waals surface area contributed by atoms with Crippen molar-refractivity contribution in [2.45, 2.75) is 6.92 Å². The molecule has 0 fully saturated rings. The van der Waals surface area contributed by atoms with Crippen LogP contribution in [0.15, 0.2) is 62.8 Å². The molecular formula is C20H14BrN3O2S2. The number of furan rings is 1. The lowest BCUT2D eigenvalue weighted by molar-refractivity contribution is 0.0952. The molecule has 28 heavy (non-hydrogen) atoms. The van der Waals surface area contributed by atoms with Crippen molar-refractivity contribution in [3.63, 3.8) is 0 Å². The molecule has 0 saturated heterocycles. The Hall–Kier alpha value is -2.55. The van der Waals surface area contributed by atoms with E-state index in [0.717, 1.165) is 26.7 Å². The molecule has 0 aliphatic carbocycles. The Morgan fingerprint density at radius 3 is 2.68 bits per heavy atom. The number of hydrogen-bond donors (Lipinski definition) is 2. The number of fused-ring (bicyclic) bond motifs is 1. The first-order chi connectivity index (χ1) is 13.5. The van der Waals surface area contributed by atoms with Crippen LogP contribution in [0, 0.1) is 6.92 Å². The van der Waals surface area contributed by atoms with Crippen LogP contribution >= 0.6 is 39.5 Å². The molecule has 5 nitrogen and oxygen atoms in total. The molecule has 1 amide bonds. The van der Waals surface area contributed by atoms with Crippen molar-refractivity contribution < 1.29 is 9.21 Å². The maximum Gasteiger partial charge on any atom is 0.293 e. The Balaban J connectivity index is 1.45. The summed E-state index contributed by atoms with van der Waals surface area (Å²) in [4.78, 5) is 17.1. The third kappa shape index (κ3) is 3.84. The van der Waals surface area contributed by atoms with Crippen LogP contribution in [0.25, 0.3) is 22.2 Å². The van der Waals surface area contributed by atoms with Crippen molar-refractivity contribution >= 4 is 66.6 Å². The minimum absolute atomic E-state index is 0.168. The van der Waals surface area contributed by atoms with E-state index in [1.165, 1.54) is 11.3 Å². The normalized spacial score (nSPS) is 10.8. The molecule has 4 rings (SSSR count). The average molecular weight is 472 g/mol. The van der Waals surface area contributed by atoms with Gasteiger partial charge in [0.25, 0.3) is 5.91 Å². The minimum atomic E-state index is -0.393. The lowest BCUT2D eigenvalue weighted by atomic mass is 10.1. The topological polar surface area (TPSA) is 67.2 Å². The second-order valence-electron chi connectivity index (χ2n) is 6.01. The van der Waals surface area contributed by atoms with E-state index in [2.05, 4.69) is 31.5 Å². The van der Waals surface area contributed by atoms with Crippen LogP contribution in [0.1, 0.15) is 16.1 Å². The number of benzene rings is 2. The monoisotopic (exact) mass is 471 g/mol. The van der Waals surface area contributed by atoms with E-state index in [4.69, 9.17) is 16.6 Å². The molecule has 0 spiro atoms. The van der Waals surface area contributed by atoms with Gasteiger partial charge < -0.3 is 9.73 Å². The molecule has 0 aliphatic heterocycles. The summed E-state index contributed by atoms with van der Waals surface area (Å²) < 4.78 is 6.68. The van der Waals surface area contributed by atoms with E-state index < -0.39 is 5.91 Å². The number of anilines is 1. The highest BCUT2D eigenvalue weighted by atomic mass is 79.9. The van der Waals surface area contributed by atoms with Gasteiger partial charge in [0.1, 0.15) is 5.58 Å². The fourth-order valence-corrected chi connectivity index (χ4v) is 4.01. The molecule has 8 heteroatoms. The fraction of sp³-hybridized carbons (Fsp3) is 0.0500. The molecule has 2 heterocycles. The molecule has 0 atom stereocenters. The van der Waals surface area contributed by atoms with E-state index in [1.54, 1.807) is 0 Å². The smallest absolute Gasteiger partial charge is 0.293 e. The minimum Gasteiger partial charge on any atom is -0.451 e. The second-order valence-corrected chi connectivity index (χ2v) is 8.19. The van der Waals surface area contributed by atoms with Gasteiger partial charge in [-0.3, -0.25) is 10.1 Å². The summed E-state index contributed by atoms with van der Waals surface area (Å²) in [7, 11) is 0. The van der Waals surface area contributed by atoms with Crippen molar-refractivity contribution in [1.82, 2.24) is 10.3 Å². The number of para-hydroxylation sites is 1. The van der Waals surface area contributed by atoms with E-state index in [1.807, 2.05) is 60.8 Å². The molecule has 2 aromatic carbocycles. The van der Waals surface area contributed by atoms with Crippen molar-refractivity contribution in [2.24, 2.45) is 0 Å². The quantitative estimate of drug-likeness (QED) is 0.372. The number of thiazole rings is 1. The van der Waals surface area contributed by atoms with Crippen molar-refractivity contribution in [3.8, 4) is 11.3 Å². The van der Waals surface area contributed by atoms with E-state index in [-0.39, 0.29) is 10.9 Å². The van der Waals surface area contributed by atoms with Gasteiger partial charge in [0, 0.05) is 26.4 Å². The lowest BCUT2D eigenvalue weighted by Gasteiger charge is -2.06. The van der Waals surface area contributed by atoms with E-state index in [0.29, 0.717) is 10.7 Å². The number of amides is 1. The summed E-state index contributed by atoms with van der Waals surface area (Å²) in [5, 5.41) is 9.21. The Morgan fingerprint density at radius 2 is 1.93 bits per heavy atom. The third-order valence-electron chi connectivity index (χ3n) is 4.14. The van der Waals surface area contributed by atoms with Crippen molar-refractivity contribution in [1.29, 1.82) is 0 Å². The summed E-state index contributed by atoms with van der Waals surface area (Å²) in [6, 6.07) is 15.4. The van der Waals surface area contributed by atoms with Crippen LogP contribution in [0.3, 0.4) is 0 Å². The molecular weight excluding hydrogens is 458 g/mol. The molecule has 0 radical (unpaired) electrons. The maximum absolute atomic E-state index is 12.5. The first-order valence-corrected chi connectivity index (χ1v) is 10.4. The highest BCUT2D eigenvalue weighted by Gasteiger charge is 2.18. The zero-order valence-corrected chi connectivity index (χ0v) is 17.9. The number of thiocarbonyl (C=S) groups is 1. The number of nitrogens with one attached hydrogen (secondary N) is 2. The molecule has 0 saturated carbocycles. The van der Waals surface area contributed by atoms with Gasteiger partial charge >= 0.3 is 0 Å². The predicted octanol–water partition coefficient (Wildman–Crippen LogP) is 5.75. The molecule has 2 N–H and O–H groups in total. The molecule has 140 valence electrons.